The first-order valence-corrected chi connectivity index (χ1v) is 16.9. The van der Waals surface area contributed by atoms with Gasteiger partial charge >= 0.3 is 0 Å². The van der Waals surface area contributed by atoms with E-state index in [4.69, 9.17) is 27.9 Å². The van der Waals surface area contributed by atoms with Crippen LogP contribution in [0, 0.1) is 45.4 Å². The summed E-state index contributed by atoms with van der Waals surface area (Å²) < 4.78 is 20.1. The van der Waals surface area contributed by atoms with Crippen molar-refractivity contribution in [2.24, 2.45) is 29.1 Å². The lowest BCUT2D eigenvalue weighted by molar-refractivity contribution is -0.131. The van der Waals surface area contributed by atoms with Gasteiger partial charge in [-0.15, -0.1) is 0 Å². The fourth-order valence-corrected chi connectivity index (χ4v) is 9.13. The van der Waals surface area contributed by atoms with Crippen LogP contribution >= 0.6 is 45.8 Å². The Balaban J connectivity index is 1.39. The van der Waals surface area contributed by atoms with E-state index in [0.717, 1.165) is 22.1 Å². The number of aromatic hydroxyl groups is 1. The maximum Gasteiger partial charge on any atom is 0.241 e. The number of imide groups is 2. The molecule has 1 saturated carbocycles. The molecule has 0 bridgehead atoms. The Morgan fingerprint density at radius 3 is 2.30 bits per heavy atom. The highest BCUT2D eigenvalue weighted by molar-refractivity contribution is 14.1. The average molecular weight is 789 g/mol. The summed E-state index contributed by atoms with van der Waals surface area (Å²) in [4.78, 5) is 59.3. The Hall–Kier alpha value is -3.48. The number of nitrogens with zero attached hydrogens (tertiary/aromatic N) is 2. The fraction of sp³-hybridized carbons (Fsp3) is 0.314. The SMILES string of the molecule is COc1cc(C2C3=CCC4C(=O)N(c5ccc(C)c(Cl)c5)C(=O)C4C3CC3C(=O)N(c4ccc(F)c(Cl)c4)C(=O)C32C)cc(I)c1O. The zero-order valence-electron chi connectivity index (χ0n) is 25.4. The summed E-state index contributed by atoms with van der Waals surface area (Å²) in [6.45, 7) is 3.57. The number of allylic oxidation sites excluding steroid dienone is 2. The smallest absolute Gasteiger partial charge is 0.241 e. The second-order valence-electron chi connectivity index (χ2n) is 12.8. The van der Waals surface area contributed by atoms with Crippen molar-refractivity contribution in [2.75, 3.05) is 16.9 Å². The predicted octanol–water partition coefficient (Wildman–Crippen LogP) is 7.20. The zero-order chi connectivity index (χ0) is 33.7. The summed E-state index contributed by atoms with van der Waals surface area (Å²) in [5, 5.41) is 10.9. The van der Waals surface area contributed by atoms with Crippen molar-refractivity contribution in [1.82, 2.24) is 0 Å². The number of anilines is 2. The maximum absolute atomic E-state index is 14.6. The minimum atomic E-state index is -1.34. The number of halogens is 4. The van der Waals surface area contributed by atoms with Gasteiger partial charge < -0.3 is 9.84 Å². The maximum atomic E-state index is 14.6. The normalized spacial score (nSPS) is 28.3. The van der Waals surface area contributed by atoms with E-state index in [1.165, 1.54) is 24.1 Å². The third kappa shape index (κ3) is 4.58. The van der Waals surface area contributed by atoms with Gasteiger partial charge in [-0.3, -0.25) is 19.2 Å². The topological polar surface area (TPSA) is 104 Å². The van der Waals surface area contributed by atoms with Gasteiger partial charge in [-0.25, -0.2) is 14.2 Å². The number of aryl methyl sites for hydroxylation is 1. The highest BCUT2D eigenvalue weighted by atomic mass is 127. The van der Waals surface area contributed by atoms with Gasteiger partial charge in [-0.1, -0.05) is 40.9 Å². The second-order valence-corrected chi connectivity index (χ2v) is 14.7. The van der Waals surface area contributed by atoms with Crippen molar-refractivity contribution in [2.45, 2.75) is 32.6 Å². The molecule has 2 aliphatic carbocycles. The molecule has 3 fully saturated rings. The minimum Gasteiger partial charge on any atom is -0.504 e. The van der Waals surface area contributed by atoms with Crippen molar-refractivity contribution >= 4 is 80.8 Å². The number of methoxy groups -OCH3 is 1. The van der Waals surface area contributed by atoms with Crippen LogP contribution in [0.3, 0.4) is 0 Å². The van der Waals surface area contributed by atoms with Crippen LogP contribution in [0.15, 0.2) is 60.2 Å². The molecule has 0 spiro atoms. The zero-order valence-corrected chi connectivity index (χ0v) is 29.1. The van der Waals surface area contributed by atoms with Gasteiger partial charge in [-0.05, 0) is 109 Å². The molecule has 0 aromatic heterocycles. The molecule has 2 saturated heterocycles. The summed E-state index contributed by atoms with van der Waals surface area (Å²) in [6.07, 6.45) is 2.35. The molecule has 2 aliphatic heterocycles. The van der Waals surface area contributed by atoms with Crippen molar-refractivity contribution in [1.29, 1.82) is 0 Å². The molecular weight excluding hydrogens is 761 g/mol. The lowest BCUT2D eigenvalue weighted by Crippen LogP contribution is -2.48. The van der Waals surface area contributed by atoms with Crippen LogP contribution in [-0.4, -0.2) is 35.8 Å². The van der Waals surface area contributed by atoms with E-state index in [1.807, 2.05) is 35.6 Å². The number of benzene rings is 3. The Labute approximate surface area is 293 Å². The summed E-state index contributed by atoms with van der Waals surface area (Å²) in [7, 11) is 1.42. The molecule has 3 aromatic rings. The lowest BCUT2D eigenvalue weighted by atomic mass is 9.51. The lowest BCUT2D eigenvalue weighted by Gasteiger charge is -2.49. The number of ether oxygens (including phenoxy) is 1. The highest BCUT2D eigenvalue weighted by Gasteiger charge is 2.67. The summed E-state index contributed by atoms with van der Waals surface area (Å²) in [6, 6.07) is 12.1. The number of hydrogen-bond donors (Lipinski definition) is 1. The number of carbonyl (C=O) groups is 4. The van der Waals surface area contributed by atoms with E-state index in [1.54, 1.807) is 37.3 Å². The van der Waals surface area contributed by atoms with E-state index < -0.39 is 52.6 Å². The predicted molar refractivity (Wildman–Crippen MR) is 182 cm³/mol. The summed E-state index contributed by atoms with van der Waals surface area (Å²) in [5.41, 5.74) is 1.38. The fourth-order valence-electron chi connectivity index (χ4n) is 8.16. The first-order valence-electron chi connectivity index (χ1n) is 15.0. The van der Waals surface area contributed by atoms with Gasteiger partial charge in [0.1, 0.15) is 5.82 Å². The van der Waals surface area contributed by atoms with Gasteiger partial charge in [-0.2, -0.15) is 0 Å². The number of hydrogen-bond acceptors (Lipinski definition) is 6. The molecule has 242 valence electrons. The molecule has 1 N–H and O–H groups in total. The van der Waals surface area contributed by atoms with E-state index >= 15 is 0 Å². The molecule has 3 aromatic carbocycles. The standard InChI is InChI=1S/C35H28Cl2FIN2O6/c1-15-4-5-17(12-23(15)36)40-31(43)20-8-7-19-21(28(20)33(40)45)14-22-32(44)41(18-6-9-25(38)24(37)13-18)34(46)35(22,2)29(19)16-10-26(39)30(42)27(11-16)47-3/h4-7,9-13,20-22,28-29,42H,8,14H2,1-3H3. The molecule has 4 aliphatic rings. The molecule has 0 radical (unpaired) electrons. The minimum absolute atomic E-state index is 0.0658. The molecule has 12 heteroatoms. The molecule has 2 heterocycles. The molecule has 8 nitrogen and oxygen atoms in total. The Bertz CT molecular complexity index is 1970. The van der Waals surface area contributed by atoms with E-state index in [-0.39, 0.29) is 46.9 Å². The summed E-state index contributed by atoms with van der Waals surface area (Å²) >= 11 is 14.5. The first-order chi connectivity index (χ1) is 22.3. The number of amides is 4. The van der Waals surface area contributed by atoms with Gasteiger partial charge in [0.2, 0.25) is 23.6 Å². The average Bonchev–Trinajstić information content (AvgIpc) is 3.40. The second kappa shape index (κ2) is 11.3. The van der Waals surface area contributed by atoms with Crippen molar-refractivity contribution in [3.05, 3.63) is 90.7 Å². The van der Waals surface area contributed by atoms with E-state index in [0.29, 0.717) is 19.8 Å². The Morgan fingerprint density at radius 1 is 0.936 bits per heavy atom. The molecule has 7 rings (SSSR count). The number of phenols is 1. The van der Waals surface area contributed by atoms with Gasteiger partial charge in [0, 0.05) is 10.9 Å². The van der Waals surface area contributed by atoms with Crippen molar-refractivity contribution in [3.63, 3.8) is 0 Å². The van der Waals surface area contributed by atoms with Crippen LogP contribution in [0.2, 0.25) is 10.0 Å². The van der Waals surface area contributed by atoms with Crippen molar-refractivity contribution < 1.29 is 33.4 Å². The number of fused-ring (bicyclic) bond motifs is 4. The van der Waals surface area contributed by atoms with Gasteiger partial charge in [0.25, 0.3) is 0 Å². The summed E-state index contributed by atoms with van der Waals surface area (Å²) in [5.74, 6) is -5.86. The van der Waals surface area contributed by atoms with E-state index in [9.17, 15) is 28.7 Å². The van der Waals surface area contributed by atoms with Crippen molar-refractivity contribution in [3.8, 4) is 11.5 Å². The highest BCUT2D eigenvalue weighted by Crippen LogP contribution is 2.64. The van der Waals surface area contributed by atoms with Gasteiger partial charge in [0.05, 0.1) is 50.2 Å². The Kier molecular flexibility index (Phi) is 7.72. The monoisotopic (exact) mass is 788 g/mol. The van der Waals surface area contributed by atoms with Crippen LogP contribution in [0.25, 0.3) is 0 Å². The van der Waals surface area contributed by atoms with Crippen LogP contribution in [-0.2, 0) is 19.2 Å². The number of carbonyl (C=O) groups excluding carboxylic acids is 4. The first kappa shape index (κ1) is 32.1. The van der Waals surface area contributed by atoms with Crippen LogP contribution in [0.1, 0.15) is 36.8 Å². The van der Waals surface area contributed by atoms with Crippen LogP contribution < -0.4 is 14.5 Å². The number of phenolic OH excluding ortho intramolecular Hbond substituents is 1. The number of rotatable bonds is 4. The Morgan fingerprint density at radius 2 is 1.62 bits per heavy atom. The molecule has 47 heavy (non-hydrogen) atoms. The largest absolute Gasteiger partial charge is 0.504 e. The third-order valence-electron chi connectivity index (χ3n) is 10.5. The van der Waals surface area contributed by atoms with Crippen LogP contribution in [0.4, 0.5) is 15.8 Å². The molecule has 6 unspecified atom stereocenters. The molecule has 4 amide bonds. The van der Waals surface area contributed by atoms with E-state index in [2.05, 4.69) is 0 Å². The quantitative estimate of drug-likeness (QED) is 0.171. The molecule has 6 atom stereocenters. The van der Waals surface area contributed by atoms with Gasteiger partial charge in [0.15, 0.2) is 11.5 Å². The van der Waals surface area contributed by atoms with Crippen LogP contribution in [0.5, 0.6) is 11.5 Å². The third-order valence-corrected chi connectivity index (χ3v) is 12.0. The molecular formula is C35H28Cl2FIN2O6.